The van der Waals surface area contributed by atoms with E-state index in [9.17, 15) is 0 Å². The number of nitrogens with zero attached hydrogens (tertiary/aromatic N) is 1. The molecule has 0 aliphatic carbocycles. The minimum Gasteiger partial charge on any atom is -0.354 e. The van der Waals surface area contributed by atoms with Crippen molar-refractivity contribution in [1.82, 2.24) is 4.57 Å². The zero-order valence-corrected chi connectivity index (χ0v) is 10.0. The van der Waals surface area contributed by atoms with E-state index < -0.39 is 0 Å². The van der Waals surface area contributed by atoms with Gasteiger partial charge >= 0.3 is 0 Å². The predicted octanol–water partition coefficient (Wildman–Crippen LogP) is 3.88. The molecule has 0 aromatic carbocycles. The molecular weight excluding hydrogens is 170 g/mol. The fourth-order valence-corrected chi connectivity index (χ4v) is 2.34. The Balaban J connectivity index is 2.91. The van der Waals surface area contributed by atoms with Crippen LogP contribution in [0.5, 0.6) is 0 Å². The Morgan fingerprint density at radius 3 is 2.50 bits per heavy atom. The van der Waals surface area contributed by atoms with Gasteiger partial charge in [0, 0.05) is 18.9 Å². The van der Waals surface area contributed by atoms with E-state index in [1.54, 1.807) is 5.56 Å². The fraction of sp³-hybridized carbons (Fsp3) is 0.692. The average Bonchev–Trinajstić information content (AvgIpc) is 2.56. The summed E-state index contributed by atoms with van der Waals surface area (Å²) in [7, 11) is 2.15. The largest absolute Gasteiger partial charge is 0.354 e. The Bertz CT molecular complexity index is 273. The van der Waals surface area contributed by atoms with Crippen LogP contribution in [0.3, 0.4) is 0 Å². The Morgan fingerprint density at radius 2 is 2.00 bits per heavy atom. The molecule has 0 bridgehead atoms. The van der Waals surface area contributed by atoms with Crippen LogP contribution in [-0.2, 0) is 13.5 Å². The molecule has 0 radical (unpaired) electrons. The van der Waals surface area contributed by atoms with Gasteiger partial charge in [-0.3, -0.25) is 0 Å². The third-order valence-electron chi connectivity index (χ3n) is 3.14. The molecule has 1 heteroatoms. The normalized spacial score (nSPS) is 13.1. The highest BCUT2D eigenvalue weighted by Gasteiger charge is 2.13. The van der Waals surface area contributed by atoms with Gasteiger partial charge in [0.25, 0.3) is 0 Å². The van der Waals surface area contributed by atoms with E-state index in [4.69, 9.17) is 0 Å². The first-order chi connectivity index (χ1) is 6.74. The smallest absolute Gasteiger partial charge is 0.0203 e. The van der Waals surface area contributed by atoms with Crippen molar-refractivity contribution in [2.45, 2.75) is 52.4 Å². The molecule has 0 aliphatic rings. The van der Waals surface area contributed by atoms with Gasteiger partial charge in [-0.25, -0.2) is 0 Å². The zero-order valence-electron chi connectivity index (χ0n) is 10.0. The van der Waals surface area contributed by atoms with Crippen LogP contribution >= 0.6 is 0 Å². The van der Waals surface area contributed by atoms with Crippen LogP contribution in [0.4, 0.5) is 0 Å². The Morgan fingerprint density at radius 1 is 1.29 bits per heavy atom. The first-order valence-electron chi connectivity index (χ1n) is 5.88. The van der Waals surface area contributed by atoms with Crippen LogP contribution < -0.4 is 0 Å². The van der Waals surface area contributed by atoms with E-state index in [1.807, 2.05) is 0 Å². The number of aromatic nitrogens is 1. The van der Waals surface area contributed by atoms with Crippen molar-refractivity contribution in [2.24, 2.45) is 7.05 Å². The average molecular weight is 193 g/mol. The van der Waals surface area contributed by atoms with Gasteiger partial charge < -0.3 is 4.57 Å². The summed E-state index contributed by atoms with van der Waals surface area (Å²) in [5.41, 5.74) is 3.10. The van der Waals surface area contributed by atoms with Crippen molar-refractivity contribution in [3.63, 3.8) is 0 Å². The lowest BCUT2D eigenvalue weighted by molar-refractivity contribution is 0.588. The summed E-state index contributed by atoms with van der Waals surface area (Å²) in [6, 6.07) is 2.31. The quantitative estimate of drug-likeness (QED) is 0.668. The molecule has 0 aliphatic heterocycles. The van der Waals surface area contributed by atoms with Gasteiger partial charge in [-0.05, 0) is 36.8 Å². The van der Waals surface area contributed by atoms with Gasteiger partial charge in [0.15, 0.2) is 0 Å². The molecule has 1 rings (SSSR count). The van der Waals surface area contributed by atoms with Crippen molar-refractivity contribution in [3.8, 4) is 0 Å². The van der Waals surface area contributed by atoms with Gasteiger partial charge in [0.1, 0.15) is 0 Å². The molecule has 80 valence electrons. The molecule has 14 heavy (non-hydrogen) atoms. The van der Waals surface area contributed by atoms with Crippen molar-refractivity contribution in [3.05, 3.63) is 23.5 Å². The molecular formula is C13H23N. The molecule has 0 saturated heterocycles. The summed E-state index contributed by atoms with van der Waals surface area (Å²) in [4.78, 5) is 0. The Labute approximate surface area is 88.1 Å². The molecule has 1 nitrogen and oxygen atoms in total. The van der Waals surface area contributed by atoms with E-state index in [-0.39, 0.29) is 0 Å². The maximum atomic E-state index is 2.31. The third-order valence-corrected chi connectivity index (χ3v) is 3.14. The van der Waals surface area contributed by atoms with Gasteiger partial charge in [0.2, 0.25) is 0 Å². The summed E-state index contributed by atoms with van der Waals surface area (Å²) in [6.07, 6.45) is 7.24. The number of hydrogen-bond donors (Lipinski definition) is 0. The maximum Gasteiger partial charge on any atom is 0.0203 e. The van der Waals surface area contributed by atoms with Crippen LogP contribution in [0.1, 0.15) is 57.2 Å². The second kappa shape index (κ2) is 5.23. The van der Waals surface area contributed by atoms with Crippen LogP contribution in [-0.4, -0.2) is 4.57 Å². The van der Waals surface area contributed by atoms with E-state index in [0.717, 1.165) is 12.3 Å². The van der Waals surface area contributed by atoms with Crippen molar-refractivity contribution in [1.29, 1.82) is 0 Å². The maximum absolute atomic E-state index is 2.31. The standard InChI is InChI=1S/C13H23N/c1-5-8-11(6-2)12-9-10-14(4)13(12)7-3/h9-11H,5-8H2,1-4H3. The molecule has 0 spiro atoms. The second-order valence-electron chi connectivity index (χ2n) is 4.08. The topological polar surface area (TPSA) is 4.93 Å². The van der Waals surface area contributed by atoms with Crippen LogP contribution in [0.25, 0.3) is 0 Å². The van der Waals surface area contributed by atoms with Crippen LogP contribution in [0.2, 0.25) is 0 Å². The van der Waals surface area contributed by atoms with Crippen LogP contribution in [0.15, 0.2) is 12.3 Å². The zero-order chi connectivity index (χ0) is 10.6. The minimum absolute atomic E-state index is 0.774. The molecule has 0 amide bonds. The van der Waals surface area contributed by atoms with Gasteiger partial charge in [-0.15, -0.1) is 0 Å². The van der Waals surface area contributed by atoms with Crippen molar-refractivity contribution in [2.75, 3.05) is 0 Å². The van der Waals surface area contributed by atoms with Gasteiger partial charge in [-0.1, -0.05) is 27.2 Å². The van der Waals surface area contributed by atoms with Gasteiger partial charge in [-0.2, -0.15) is 0 Å². The molecule has 0 saturated carbocycles. The van der Waals surface area contributed by atoms with Crippen LogP contribution in [0, 0.1) is 0 Å². The SMILES string of the molecule is CCCC(CC)c1ccn(C)c1CC. The highest BCUT2D eigenvalue weighted by molar-refractivity contribution is 5.26. The first-order valence-corrected chi connectivity index (χ1v) is 5.88. The lowest BCUT2D eigenvalue weighted by Gasteiger charge is -2.15. The Kier molecular flexibility index (Phi) is 4.24. The predicted molar refractivity (Wildman–Crippen MR) is 62.7 cm³/mol. The second-order valence-corrected chi connectivity index (χ2v) is 4.08. The minimum atomic E-state index is 0.774. The van der Waals surface area contributed by atoms with Crippen molar-refractivity contribution < 1.29 is 0 Å². The van der Waals surface area contributed by atoms with E-state index >= 15 is 0 Å². The van der Waals surface area contributed by atoms with Crippen molar-refractivity contribution >= 4 is 0 Å². The monoisotopic (exact) mass is 193 g/mol. The van der Waals surface area contributed by atoms with E-state index in [2.05, 4.69) is 44.6 Å². The molecule has 1 unspecified atom stereocenters. The summed E-state index contributed by atoms with van der Waals surface area (Å²) in [5.74, 6) is 0.774. The van der Waals surface area contributed by atoms with E-state index in [0.29, 0.717) is 0 Å². The Hall–Kier alpha value is -0.720. The van der Waals surface area contributed by atoms with Gasteiger partial charge in [0.05, 0.1) is 0 Å². The molecule has 0 N–H and O–H groups in total. The summed E-state index contributed by atoms with van der Waals surface area (Å²) in [5, 5.41) is 0. The number of aryl methyl sites for hydroxylation is 1. The fourth-order valence-electron chi connectivity index (χ4n) is 2.34. The highest BCUT2D eigenvalue weighted by Crippen LogP contribution is 2.28. The molecule has 1 atom stereocenters. The molecule has 1 aromatic heterocycles. The summed E-state index contributed by atoms with van der Waals surface area (Å²) in [6.45, 7) is 6.82. The first kappa shape index (κ1) is 11.4. The summed E-state index contributed by atoms with van der Waals surface area (Å²) >= 11 is 0. The highest BCUT2D eigenvalue weighted by atomic mass is 14.9. The molecule has 1 aromatic rings. The molecule has 1 heterocycles. The third kappa shape index (κ3) is 2.20. The number of rotatable bonds is 5. The number of hydrogen-bond acceptors (Lipinski definition) is 0. The lowest BCUT2D eigenvalue weighted by Crippen LogP contribution is -2.02. The molecule has 0 fully saturated rings. The van der Waals surface area contributed by atoms with E-state index in [1.165, 1.54) is 25.0 Å². The lowest BCUT2D eigenvalue weighted by atomic mass is 9.91. The summed E-state index contributed by atoms with van der Waals surface area (Å²) < 4.78 is 2.27.